The molecule has 0 saturated heterocycles. The Morgan fingerprint density at radius 1 is 0.824 bits per heavy atom. The van der Waals surface area contributed by atoms with Gasteiger partial charge in [0.05, 0.1) is 0 Å². The molecule has 1 nitrogen and oxygen atoms in total. The summed E-state index contributed by atoms with van der Waals surface area (Å²) in [5, 5.41) is 0. The molecule has 0 aliphatic heterocycles. The standard InChI is InChI=1S/C16H12O/c1-2-13-14-10-6-7-11-15(14)16(13)17-12-8-4-3-5-9-12/h2-11H,1H2. The topological polar surface area (TPSA) is 9.23 Å². The molecule has 0 atom stereocenters. The molecule has 0 radical (unpaired) electrons. The van der Waals surface area contributed by atoms with Gasteiger partial charge in [0, 0.05) is 11.1 Å². The van der Waals surface area contributed by atoms with Gasteiger partial charge >= 0.3 is 0 Å². The molecule has 2 aromatic carbocycles. The van der Waals surface area contributed by atoms with E-state index in [0.29, 0.717) is 0 Å². The Morgan fingerprint density at radius 3 is 2.18 bits per heavy atom. The fourth-order valence-corrected chi connectivity index (χ4v) is 2.04. The van der Waals surface area contributed by atoms with Crippen molar-refractivity contribution in [1.82, 2.24) is 0 Å². The fraction of sp³-hybridized carbons (Fsp3) is 0. The Balaban J connectivity index is 1.97. The average Bonchev–Trinajstić information content (AvgIpc) is 2.38. The molecule has 1 heteroatoms. The van der Waals surface area contributed by atoms with Crippen molar-refractivity contribution in [2.24, 2.45) is 0 Å². The quantitative estimate of drug-likeness (QED) is 0.755. The summed E-state index contributed by atoms with van der Waals surface area (Å²) >= 11 is 0. The summed E-state index contributed by atoms with van der Waals surface area (Å²) < 4.78 is 5.89. The van der Waals surface area contributed by atoms with Gasteiger partial charge in [0.1, 0.15) is 11.5 Å². The highest BCUT2D eigenvalue weighted by Gasteiger charge is 2.25. The van der Waals surface area contributed by atoms with Crippen LogP contribution in [0.1, 0.15) is 11.1 Å². The lowest BCUT2D eigenvalue weighted by Gasteiger charge is -2.25. The summed E-state index contributed by atoms with van der Waals surface area (Å²) in [4.78, 5) is 0. The number of para-hydroxylation sites is 1. The molecule has 1 aliphatic carbocycles. The Kier molecular flexibility index (Phi) is 2.30. The minimum Gasteiger partial charge on any atom is -0.456 e. The van der Waals surface area contributed by atoms with Crippen LogP contribution in [0, 0.1) is 0 Å². The average molecular weight is 220 g/mol. The van der Waals surface area contributed by atoms with E-state index in [1.807, 2.05) is 48.5 Å². The first-order valence-corrected chi connectivity index (χ1v) is 5.59. The third kappa shape index (κ3) is 1.56. The first-order chi connectivity index (χ1) is 8.40. The molecule has 0 unspecified atom stereocenters. The number of ether oxygens (including phenoxy) is 1. The highest BCUT2D eigenvalue weighted by molar-refractivity contribution is 6.05. The lowest BCUT2D eigenvalue weighted by atomic mass is 9.86. The van der Waals surface area contributed by atoms with Crippen LogP contribution in [0.5, 0.6) is 5.75 Å². The molecular weight excluding hydrogens is 208 g/mol. The molecule has 0 fully saturated rings. The predicted octanol–water partition coefficient (Wildman–Crippen LogP) is 4.13. The van der Waals surface area contributed by atoms with E-state index in [-0.39, 0.29) is 0 Å². The second-order valence-corrected chi connectivity index (χ2v) is 3.91. The monoisotopic (exact) mass is 220 g/mol. The normalized spacial score (nSPS) is 12.7. The summed E-state index contributed by atoms with van der Waals surface area (Å²) in [6, 6.07) is 18.0. The Bertz CT molecular complexity index is 594. The molecule has 0 aromatic heterocycles. The molecule has 0 amide bonds. The highest BCUT2D eigenvalue weighted by atomic mass is 16.5. The molecule has 0 saturated carbocycles. The number of hydrogen-bond donors (Lipinski definition) is 0. The van der Waals surface area contributed by atoms with Crippen LogP contribution in [-0.4, -0.2) is 0 Å². The Morgan fingerprint density at radius 2 is 1.47 bits per heavy atom. The van der Waals surface area contributed by atoms with Crippen LogP contribution < -0.4 is 4.74 Å². The first-order valence-electron chi connectivity index (χ1n) is 5.59. The van der Waals surface area contributed by atoms with Gasteiger partial charge in [-0.1, -0.05) is 55.1 Å². The van der Waals surface area contributed by atoms with Gasteiger partial charge in [0.25, 0.3) is 0 Å². The van der Waals surface area contributed by atoms with Gasteiger partial charge in [0.2, 0.25) is 0 Å². The van der Waals surface area contributed by atoms with Gasteiger partial charge in [-0.3, -0.25) is 0 Å². The zero-order valence-electron chi connectivity index (χ0n) is 9.39. The van der Waals surface area contributed by atoms with Crippen LogP contribution in [-0.2, 0) is 0 Å². The van der Waals surface area contributed by atoms with Crippen molar-refractivity contribution < 1.29 is 4.74 Å². The number of hydrogen-bond acceptors (Lipinski definition) is 1. The molecule has 17 heavy (non-hydrogen) atoms. The maximum Gasteiger partial charge on any atom is 0.143 e. The van der Waals surface area contributed by atoms with Crippen molar-refractivity contribution >= 4 is 11.3 Å². The summed E-state index contributed by atoms with van der Waals surface area (Å²) in [5.41, 5.74) is 3.46. The maximum atomic E-state index is 5.89. The van der Waals surface area contributed by atoms with Gasteiger partial charge < -0.3 is 4.74 Å². The SMILES string of the molecule is C=CC1=C(Oc2ccccc2)c2ccccc21. The van der Waals surface area contributed by atoms with Crippen molar-refractivity contribution in [2.75, 3.05) is 0 Å². The molecule has 2 aromatic rings. The fourth-order valence-electron chi connectivity index (χ4n) is 2.04. The molecule has 0 bridgehead atoms. The lowest BCUT2D eigenvalue weighted by molar-refractivity contribution is 0.512. The van der Waals surface area contributed by atoms with Gasteiger partial charge in [0.15, 0.2) is 0 Å². The largest absolute Gasteiger partial charge is 0.456 e. The van der Waals surface area contributed by atoms with Gasteiger partial charge in [-0.2, -0.15) is 0 Å². The van der Waals surface area contributed by atoms with E-state index in [2.05, 4.69) is 18.7 Å². The summed E-state index contributed by atoms with van der Waals surface area (Å²) in [6.07, 6.45) is 1.85. The summed E-state index contributed by atoms with van der Waals surface area (Å²) in [5.74, 6) is 1.78. The molecule has 0 heterocycles. The van der Waals surface area contributed by atoms with E-state index >= 15 is 0 Å². The molecule has 82 valence electrons. The smallest absolute Gasteiger partial charge is 0.143 e. The molecule has 3 rings (SSSR count). The third-order valence-corrected chi connectivity index (χ3v) is 2.87. The molecular formula is C16H12O. The number of benzene rings is 2. The first kappa shape index (κ1) is 9.91. The van der Waals surface area contributed by atoms with Crippen LogP contribution in [0.2, 0.25) is 0 Å². The van der Waals surface area contributed by atoms with Gasteiger partial charge in [-0.25, -0.2) is 0 Å². The van der Waals surface area contributed by atoms with Crippen LogP contribution in [0.15, 0.2) is 67.3 Å². The minimum atomic E-state index is 0.858. The van der Waals surface area contributed by atoms with Crippen molar-refractivity contribution in [1.29, 1.82) is 0 Å². The Labute approximate surface area is 101 Å². The van der Waals surface area contributed by atoms with E-state index in [4.69, 9.17) is 4.74 Å². The van der Waals surface area contributed by atoms with Gasteiger partial charge in [-0.05, 0) is 17.7 Å². The van der Waals surface area contributed by atoms with Crippen molar-refractivity contribution in [2.45, 2.75) is 0 Å². The van der Waals surface area contributed by atoms with E-state index < -0.39 is 0 Å². The molecule has 1 aliphatic rings. The van der Waals surface area contributed by atoms with E-state index in [1.54, 1.807) is 0 Å². The lowest BCUT2D eigenvalue weighted by Crippen LogP contribution is -2.10. The second kappa shape index (κ2) is 3.95. The predicted molar refractivity (Wildman–Crippen MR) is 70.5 cm³/mol. The highest BCUT2D eigenvalue weighted by Crippen LogP contribution is 2.41. The maximum absolute atomic E-state index is 5.89. The van der Waals surface area contributed by atoms with Crippen LogP contribution in [0.25, 0.3) is 11.3 Å². The van der Waals surface area contributed by atoms with Crippen molar-refractivity contribution in [3.05, 3.63) is 78.4 Å². The zero-order valence-corrected chi connectivity index (χ0v) is 9.39. The zero-order chi connectivity index (χ0) is 11.7. The summed E-state index contributed by atoms with van der Waals surface area (Å²) in [7, 11) is 0. The van der Waals surface area contributed by atoms with Crippen molar-refractivity contribution in [3.63, 3.8) is 0 Å². The minimum absolute atomic E-state index is 0.858. The second-order valence-electron chi connectivity index (χ2n) is 3.91. The number of allylic oxidation sites excluding steroid dienone is 2. The summed E-state index contributed by atoms with van der Waals surface area (Å²) in [6.45, 7) is 3.84. The molecule has 0 spiro atoms. The number of fused-ring (bicyclic) bond motifs is 1. The van der Waals surface area contributed by atoms with Crippen molar-refractivity contribution in [3.8, 4) is 5.75 Å². The third-order valence-electron chi connectivity index (χ3n) is 2.87. The molecule has 0 N–H and O–H groups in total. The van der Waals surface area contributed by atoms with E-state index in [1.165, 1.54) is 5.56 Å². The van der Waals surface area contributed by atoms with Crippen LogP contribution in [0.4, 0.5) is 0 Å². The van der Waals surface area contributed by atoms with Crippen LogP contribution in [0.3, 0.4) is 0 Å². The van der Waals surface area contributed by atoms with E-state index in [9.17, 15) is 0 Å². The number of rotatable bonds is 3. The van der Waals surface area contributed by atoms with Crippen LogP contribution >= 0.6 is 0 Å². The van der Waals surface area contributed by atoms with E-state index in [0.717, 1.165) is 22.6 Å². The van der Waals surface area contributed by atoms with Gasteiger partial charge in [-0.15, -0.1) is 0 Å². The Hall–Kier alpha value is -2.28.